The van der Waals surface area contributed by atoms with E-state index in [1.807, 2.05) is 0 Å². The van der Waals surface area contributed by atoms with Crippen molar-refractivity contribution in [2.45, 2.75) is 6.43 Å². The van der Waals surface area contributed by atoms with Crippen molar-refractivity contribution in [2.24, 2.45) is 0 Å². The van der Waals surface area contributed by atoms with E-state index in [1.54, 1.807) is 0 Å². The molecule has 1 aromatic carbocycles. The summed E-state index contributed by atoms with van der Waals surface area (Å²) in [6.45, 7) is -1.16. The number of aliphatic hydroxyl groups excluding tert-OH is 1. The third kappa shape index (κ3) is 2.50. The van der Waals surface area contributed by atoms with Crippen LogP contribution in [0, 0.1) is 5.82 Å². The Morgan fingerprint density at radius 2 is 1.79 bits per heavy atom. The standard InChI is InChI=1S/C15H11F3N2O3S/c16-11-6-2-1-4-9(11)14-13(21)10-5-3-7-19-15(10)20(8-12(17)18)24(14,22)23/h1-7,12,21H,8H2. The Morgan fingerprint density at radius 1 is 1.12 bits per heavy atom. The van der Waals surface area contributed by atoms with Crippen LogP contribution in [0.2, 0.25) is 0 Å². The Bertz CT molecular complexity index is 929. The quantitative estimate of drug-likeness (QED) is 0.918. The van der Waals surface area contributed by atoms with Crippen molar-refractivity contribution >= 4 is 26.5 Å². The third-order valence-electron chi connectivity index (χ3n) is 3.46. The summed E-state index contributed by atoms with van der Waals surface area (Å²) in [4.78, 5) is 3.01. The fourth-order valence-corrected chi connectivity index (χ4v) is 4.17. The number of alkyl halides is 2. The molecular formula is C15H11F3N2O3S. The zero-order valence-corrected chi connectivity index (χ0v) is 12.8. The highest BCUT2D eigenvalue weighted by Crippen LogP contribution is 2.42. The Hall–Kier alpha value is -2.55. The summed E-state index contributed by atoms with van der Waals surface area (Å²) in [6.07, 6.45) is -1.76. The van der Waals surface area contributed by atoms with Crippen LogP contribution in [-0.2, 0) is 10.0 Å². The number of benzene rings is 1. The van der Waals surface area contributed by atoms with Crippen molar-refractivity contribution < 1.29 is 26.7 Å². The monoisotopic (exact) mass is 356 g/mol. The van der Waals surface area contributed by atoms with Gasteiger partial charge in [-0.05, 0) is 18.2 Å². The van der Waals surface area contributed by atoms with Gasteiger partial charge in [-0.2, -0.15) is 0 Å². The van der Waals surface area contributed by atoms with Crippen molar-refractivity contribution in [3.63, 3.8) is 0 Å². The van der Waals surface area contributed by atoms with E-state index in [9.17, 15) is 26.7 Å². The first kappa shape index (κ1) is 16.3. The first-order valence-electron chi connectivity index (χ1n) is 6.78. The molecule has 9 heteroatoms. The minimum absolute atomic E-state index is 0.0637. The van der Waals surface area contributed by atoms with Crippen molar-refractivity contribution in [1.29, 1.82) is 0 Å². The number of hydrogen-bond acceptors (Lipinski definition) is 4. The maximum atomic E-state index is 14.1. The maximum Gasteiger partial charge on any atom is 0.270 e. The molecule has 2 aromatic rings. The van der Waals surface area contributed by atoms with Crippen LogP contribution in [0.1, 0.15) is 11.1 Å². The van der Waals surface area contributed by atoms with Crippen molar-refractivity contribution in [2.75, 3.05) is 10.8 Å². The second-order valence-corrected chi connectivity index (χ2v) is 6.76. The number of fused-ring (bicyclic) bond motifs is 1. The van der Waals surface area contributed by atoms with Gasteiger partial charge in [-0.15, -0.1) is 0 Å². The largest absolute Gasteiger partial charge is 0.506 e. The van der Waals surface area contributed by atoms with E-state index in [1.165, 1.54) is 30.5 Å². The minimum Gasteiger partial charge on any atom is -0.506 e. The Kier molecular flexibility index (Phi) is 3.96. The van der Waals surface area contributed by atoms with Crippen LogP contribution in [0.25, 0.3) is 10.7 Å². The van der Waals surface area contributed by atoms with E-state index in [0.29, 0.717) is 4.31 Å². The average molecular weight is 356 g/mol. The topological polar surface area (TPSA) is 70.5 Å². The molecule has 1 aliphatic rings. The van der Waals surface area contributed by atoms with E-state index in [0.717, 1.165) is 12.1 Å². The van der Waals surface area contributed by atoms with Gasteiger partial charge in [0.15, 0.2) is 5.82 Å². The number of nitrogens with zero attached hydrogens (tertiary/aromatic N) is 2. The fraction of sp³-hybridized carbons (Fsp3) is 0.133. The van der Waals surface area contributed by atoms with Crippen LogP contribution in [0.4, 0.5) is 19.0 Å². The minimum atomic E-state index is -4.62. The summed E-state index contributed by atoms with van der Waals surface area (Å²) < 4.78 is 65.7. The highest BCUT2D eigenvalue weighted by molar-refractivity contribution is 8.02. The second-order valence-electron chi connectivity index (χ2n) is 4.96. The first-order valence-corrected chi connectivity index (χ1v) is 8.22. The molecule has 1 N–H and O–H groups in total. The number of sulfonamides is 1. The zero-order chi connectivity index (χ0) is 17.5. The molecule has 5 nitrogen and oxygen atoms in total. The van der Waals surface area contributed by atoms with Crippen LogP contribution in [0.3, 0.4) is 0 Å². The van der Waals surface area contributed by atoms with Crippen LogP contribution in [0.5, 0.6) is 0 Å². The number of aromatic nitrogens is 1. The van der Waals surface area contributed by atoms with E-state index in [2.05, 4.69) is 4.98 Å². The molecule has 0 unspecified atom stereocenters. The second kappa shape index (κ2) is 5.82. The van der Waals surface area contributed by atoms with Gasteiger partial charge in [0.2, 0.25) is 0 Å². The van der Waals surface area contributed by atoms with Crippen molar-refractivity contribution in [3.05, 3.63) is 59.5 Å². The summed E-state index contributed by atoms with van der Waals surface area (Å²) in [6, 6.07) is 7.63. The third-order valence-corrected chi connectivity index (χ3v) is 5.29. The lowest BCUT2D eigenvalue weighted by molar-refractivity contribution is 0.159. The number of halogens is 3. The predicted molar refractivity (Wildman–Crippen MR) is 82.3 cm³/mol. The highest BCUT2D eigenvalue weighted by atomic mass is 32.2. The molecule has 1 aliphatic heterocycles. The number of hydrogen-bond donors (Lipinski definition) is 1. The molecule has 0 amide bonds. The van der Waals surface area contributed by atoms with Crippen LogP contribution in [0.15, 0.2) is 42.6 Å². The molecule has 0 atom stereocenters. The van der Waals surface area contributed by atoms with Gasteiger partial charge in [0.25, 0.3) is 16.4 Å². The predicted octanol–water partition coefficient (Wildman–Crippen LogP) is 3.02. The fourth-order valence-electron chi connectivity index (χ4n) is 2.47. The van der Waals surface area contributed by atoms with Crippen LogP contribution < -0.4 is 4.31 Å². The average Bonchev–Trinajstić information content (AvgIpc) is 2.53. The summed E-state index contributed by atoms with van der Waals surface area (Å²) in [7, 11) is -4.62. The molecule has 0 saturated heterocycles. The van der Waals surface area contributed by atoms with Crippen LogP contribution in [-0.4, -0.2) is 31.5 Å². The van der Waals surface area contributed by atoms with Gasteiger partial charge in [-0.25, -0.2) is 30.9 Å². The number of anilines is 1. The molecule has 0 spiro atoms. The van der Waals surface area contributed by atoms with Gasteiger partial charge in [-0.3, -0.25) is 0 Å². The molecule has 0 aliphatic carbocycles. The molecule has 126 valence electrons. The van der Waals surface area contributed by atoms with Gasteiger partial charge in [0, 0.05) is 11.8 Å². The van der Waals surface area contributed by atoms with Crippen molar-refractivity contribution in [1.82, 2.24) is 4.98 Å². The van der Waals surface area contributed by atoms with E-state index < -0.39 is 45.0 Å². The van der Waals surface area contributed by atoms with Crippen LogP contribution >= 0.6 is 0 Å². The SMILES string of the molecule is O=S1(=O)C(c2ccccc2F)=C(O)c2cccnc2N1CC(F)F. The number of aliphatic hydroxyl groups is 1. The zero-order valence-electron chi connectivity index (χ0n) is 12.0. The molecule has 3 rings (SSSR count). The summed E-state index contributed by atoms with van der Waals surface area (Å²) in [5.74, 6) is -1.95. The smallest absolute Gasteiger partial charge is 0.270 e. The number of rotatable bonds is 3. The molecular weight excluding hydrogens is 345 g/mol. The molecule has 0 radical (unpaired) electrons. The molecule has 0 fully saturated rings. The Labute approximate surface area is 135 Å². The summed E-state index contributed by atoms with van der Waals surface area (Å²) >= 11 is 0. The first-order chi connectivity index (χ1) is 11.3. The lowest BCUT2D eigenvalue weighted by Gasteiger charge is -2.30. The highest BCUT2D eigenvalue weighted by Gasteiger charge is 2.41. The van der Waals surface area contributed by atoms with Gasteiger partial charge < -0.3 is 5.11 Å². The van der Waals surface area contributed by atoms with E-state index in [4.69, 9.17) is 0 Å². The number of pyridine rings is 1. The van der Waals surface area contributed by atoms with Gasteiger partial charge in [0.05, 0.1) is 12.1 Å². The maximum absolute atomic E-state index is 14.1. The molecule has 24 heavy (non-hydrogen) atoms. The van der Waals surface area contributed by atoms with E-state index >= 15 is 0 Å². The Morgan fingerprint density at radius 3 is 2.46 bits per heavy atom. The van der Waals surface area contributed by atoms with Gasteiger partial charge in [0.1, 0.15) is 16.5 Å². The molecule has 0 bridgehead atoms. The van der Waals surface area contributed by atoms with E-state index in [-0.39, 0.29) is 11.4 Å². The lowest BCUT2D eigenvalue weighted by atomic mass is 10.1. The van der Waals surface area contributed by atoms with Gasteiger partial charge >= 0.3 is 0 Å². The van der Waals surface area contributed by atoms with Crippen molar-refractivity contribution in [3.8, 4) is 0 Å². The van der Waals surface area contributed by atoms with Gasteiger partial charge in [-0.1, -0.05) is 18.2 Å². The Balaban J connectivity index is 2.34. The molecule has 2 heterocycles. The normalized spacial score (nSPS) is 16.4. The summed E-state index contributed by atoms with van der Waals surface area (Å²) in [5.41, 5.74) is -0.463. The molecule has 0 saturated carbocycles. The molecule has 1 aromatic heterocycles. The summed E-state index contributed by atoms with van der Waals surface area (Å²) in [5, 5.41) is 10.4. The lowest BCUT2D eigenvalue weighted by Crippen LogP contribution is -2.39.